The highest BCUT2D eigenvalue weighted by Gasteiger charge is 2.17. The molecule has 21 heavy (non-hydrogen) atoms. The van der Waals surface area contributed by atoms with Gasteiger partial charge in [-0.15, -0.1) is 15.0 Å². The van der Waals surface area contributed by atoms with E-state index >= 15 is 0 Å². The summed E-state index contributed by atoms with van der Waals surface area (Å²) in [4.78, 5) is 1.19. The molecule has 0 aliphatic heterocycles. The minimum atomic E-state index is -0.429. The molecular weight excluding hydrogens is 269 g/mol. The van der Waals surface area contributed by atoms with Gasteiger partial charge < -0.3 is 5.73 Å². The number of aromatic nitrogens is 4. The summed E-state index contributed by atoms with van der Waals surface area (Å²) in [6, 6.07) is 13.8. The van der Waals surface area contributed by atoms with E-state index in [2.05, 4.69) is 15.4 Å². The summed E-state index contributed by atoms with van der Waals surface area (Å²) in [6.45, 7) is 1.79. The molecule has 2 aromatic carbocycles. The topological polar surface area (TPSA) is 69.6 Å². The Balaban J connectivity index is 2.09. The van der Waals surface area contributed by atoms with Crippen molar-refractivity contribution in [1.82, 2.24) is 20.2 Å². The van der Waals surface area contributed by atoms with E-state index in [1.165, 1.54) is 10.9 Å². The Kier molecular flexibility index (Phi) is 3.45. The summed E-state index contributed by atoms with van der Waals surface area (Å²) in [7, 11) is 0. The predicted molar refractivity (Wildman–Crippen MR) is 77.2 cm³/mol. The average molecular weight is 283 g/mol. The molecule has 3 aromatic rings. The van der Waals surface area contributed by atoms with Crippen molar-refractivity contribution in [3.8, 4) is 17.1 Å². The van der Waals surface area contributed by atoms with Crippen molar-refractivity contribution in [1.29, 1.82) is 0 Å². The lowest BCUT2D eigenvalue weighted by atomic mass is 10.1. The van der Waals surface area contributed by atoms with Crippen LogP contribution in [0.15, 0.2) is 48.5 Å². The zero-order chi connectivity index (χ0) is 14.8. The lowest BCUT2D eigenvalue weighted by Gasteiger charge is -2.11. The SMILES string of the molecule is C[C@@H](N)c1cccc(F)c1-n1nnc(-c2ccccc2)n1. The van der Waals surface area contributed by atoms with E-state index in [-0.39, 0.29) is 11.7 Å². The van der Waals surface area contributed by atoms with Gasteiger partial charge in [-0.3, -0.25) is 0 Å². The largest absolute Gasteiger partial charge is 0.324 e. The van der Waals surface area contributed by atoms with Gasteiger partial charge in [0.15, 0.2) is 5.82 Å². The molecule has 3 rings (SSSR count). The van der Waals surface area contributed by atoms with Gasteiger partial charge in [-0.2, -0.15) is 0 Å². The molecule has 0 saturated heterocycles. The van der Waals surface area contributed by atoms with E-state index in [0.717, 1.165) is 5.56 Å². The van der Waals surface area contributed by atoms with Crippen LogP contribution < -0.4 is 5.73 Å². The zero-order valence-electron chi connectivity index (χ0n) is 11.4. The van der Waals surface area contributed by atoms with E-state index in [1.54, 1.807) is 19.1 Å². The standard InChI is InChI=1S/C15H14FN5/c1-10(17)12-8-5-9-13(16)14(12)21-19-15(18-20-21)11-6-3-2-4-7-11/h2-10H,17H2,1H3/t10-/m1/s1. The van der Waals surface area contributed by atoms with Gasteiger partial charge >= 0.3 is 0 Å². The summed E-state index contributed by atoms with van der Waals surface area (Å²) in [5.74, 6) is 0.0105. The Morgan fingerprint density at radius 2 is 1.86 bits per heavy atom. The molecule has 2 N–H and O–H groups in total. The molecule has 1 heterocycles. The van der Waals surface area contributed by atoms with Crippen molar-refractivity contribution in [2.75, 3.05) is 0 Å². The van der Waals surface area contributed by atoms with Gasteiger partial charge in [0.25, 0.3) is 0 Å². The van der Waals surface area contributed by atoms with E-state index in [4.69, 9.17) is 5.73 Å². The van der Waals surface area contributed by atoms with Crippen LogP contribution in [0.5, 0.6) is 0 Å². The first-order valence-corrected chi connectivity index (χ1v) is 6.56. The maximum Gasteiger partial charge on any atom is 0.205 e. The third kappa shape index (κ3) is 2.53. The Labute approximate surface area is 121 Å². The average Bonchev–Trinajstić information content (AvgIpc) is 2.97. The fraction of sp³-hybridized carbons (Fsp3) is 0.133. The molecule has 0 saturated carbocycles. The molecule has 0 radical (unpaired) electrons. The third-order valence-corrected chi connectivity index (χ3v) is 3.15. The van der Waals surface area contributed by atoms with Crippen LogP contribution in [-0.2, 0) is 0 Å². The van der Waals surface area contributed by atoms with Crippen molar-refractivity contribution in [3.05, 3.63) is 59.9 Å². The van der Waals surface area contributed by atoms with Gasteiger partial charge in [0.05, 0.1) is 0 Å². The number of nitrogens with zero attached hydrogens (tertiary/aromatic N) is 4. The monoisotopic (exact) mass is 283 g/mol. The van der Waals surface area contributed by atoms with Crippen LogP contribution in [0.3, 0.4) is 0 Å². The second-order valence-corrected chi connectivity index (χ2v) is 4.73. The molecule has 0 unspecified atom stereocenters. The number of nitrogens with two attached hydrogens (primary N) is 1. The fourth-order valence-corrected chi connectivity index (χ4v) is 2.12. The maximum atomic E-state index is 14.1. The number of tetrazole rings is 1. The smallest absolute Gasteiger partial charge is 0.205 e. The van der Waals surface area contributed by atoms with Crippen LogP contribution in [0, 0.1) is 5.82 Å². The zero-order valence-corrected chi connectivity index (χ0v) is 11.4. The van der Waals surface area contributed by atoms with E-state index in [9.17, 15) is 4.39 Å². The number of rotatable bonds is 3. The van der Waals surface area contributed by atoms with Crippen molar-refractivity contribution in [2.24, 2.45) is 5.73 Å². The molecule has 0 amide bonds. The van der Waals surface area contributed by atoms with Gasteiger partial charge in [0.2, 0.25) is 5.82 Å². The van der Waals surface area contributed by atoms with Gasteiger partial charge in [0.1, 0.15) is 5.69 Å². The summed E-state index contributed by atoms with van der Waals surface area (Å²) >= 11 is 0. The molecule has 1 atom stereocenters. The van der Waals surface area contributed by atoms with E-state index in [1.807, 2.05) is 30.3 Å². The van der Waals surface area contributed by atoms with Crippen LogP contribution in [0.2, 0.25) is 0 Å². The van der Waals surface area contributed by atoms with Crippen LogP contribution in [-0.4, -0.2) is 20.2 Å². The van der Waals surface area contributed by atoms with Gasteiger partial charge in [-0.05, 0) is 23.8 Å². The maximum absolute atomic E-state index is 14.1. The highest BCUT2D eigenvalue weighted by atomic mass is 19.1. The molecule has 5 nitrogen and oxygen atoms in total. The lowest BCUT2D eigenvalue weighted by molar-refractivity contribution is 0.582. The molecular formula is C15H14FN5. The Hall–Kier alpha value is -2.60. The quantitative estimate of drug-likeness (QED) is 0.801. The molecule has 0 aliphatic rings. The Bertz CT molecular complexity index is 752. The van der Waals surface area contributed by atoms with Crippen LogP contribution in [0.1, 0.15) is 18.5 Å². The molecule has 0 fully saturated rings. The highest BCUT2D eigenvalue weighted by molar-refractivity contribution is 5.53. The first-order chi connectivity index (χ1) is 10.2. The van der Waals surface area contributed by atoms with Gasteiger partial charge in [-0.25, -0.2) is 4.39 Å². The Morgan fingerprint density at radius 3 is 2.57 bits per heavy atom. The molecule has 0 spiro atoms. The summed E-state index contributed by atoms with van der Waals surface area (Å²) in [6.07, 6.45) is 0. The molecule has 6 heteroatoms. The van der Waals surface area contributed by atoms with E-state index in [0.29, 0.717) is 11.4 Å². The van der Waals surface area contributed by atoms with Gasteiger partial charge in [0, 0.05) is 11.6 Å². The first kappa shape index (κ1) is 13.4. The normalized spacial score (nSPS) is 12.3. The van der Waals surface area contributed by atoms with Crippen molar-refractivity contribution in [3.63, 3.8) is 0 Å². The molecule has 0 aliphatic carbocycles. The number of para-hydroxylation sites is 1. The Morgan fingerprint density at radius 1 is 1.10 bits per heavy atom. The van der Waals surface area contributed by atoms with Crippen molar-refractivity contribution >= 4 is 0 Å². The minimum absolute atomic E-state index is 0.238. The van der Waals surface area contributed by atoms with Gasteiger partial charge in [-0.1, -0.05) is 42.5 Å². The summed E-state index contributed by atoms with van der Waals surface area (Å²) < 4.78 is 14.1. The molecule has 106 valence electrons. The fourth-order valence-electron chi connectivity index (χ4n) is 2.12. The minimum Gasteiger partial charge on any atom is -0.324 e. The van der Waals surface area contributed by atoms with Crippen LogP contribution in [0.25, 0.3) is 17.1 Å². The van der Waals surface area contributed by atoms with E-state index < -0.39 is 5.82 Å². The van der Waals surface area contributed by atoms with Crippen LogP contribution in [0.4, 0.5) is 4.39 Å². The number of benzene rings is 2. The predicted octanol–water partition coefficient (Wildman–Crippen LogP) is 2.49. The van der Waals surface area contributed by atoms with Crippen molar-refractivity contribution < 1.29 is 4.39 Å². The molecule has 1 aromatic heterocycles. The van der Waals surface area contributed by atoms with Crippen molar-refractivity contribution in [2.45, 2.75) is 13.0 Å². The molecule has 0 bridgehead atoms. The third-order valence-electron chi connectivity index (χ3n) is 3.15. The highest BCUT2D eigenvalue weighted by Crippen LogP contribution is 2.23. The summed E-state index contributed by atoms with van der Waals surface area (Å²) in [5.41, 5.74) is 7.57. The summed E-state index contributed by atoms with van der Waals surface area (Å²) in [5, 5.41) is 12.2. The van der Waals surface area contributed by atoms with Crippen LogP contribution >= 0.6 is 0 Å². The first-order valence-electron chi connectivity index (χ1n) is 6.56. The second-order valence-electron chi connectivity index (χ2n) is 4.73. The lowest BCUT2D eigenvalue weighted by Crippen LogP contribution is -2.13. The number of hydrogen-bond donors (Lipinski definition) is 1. The number of halogens is 1. The second kappa shape index (κ2) is 5.41. The number of hydrogen-bond acceptors (Lipinski definition) is 4.